The zero-order chi connectivity index (χ0) is 14.0. The molecule has 0 radical (unpaired) electrons. The van der Waals surface area contributed by atoms with Crippen molar-refractivity contribution in [1.82, 2.24) is 0 Å². The van der Waals surface area contributed by atoms with Gasteiger partial charge in [0.15, 0.2) is 0 Å². The molecule has 0 fully saturated rings. The van der Waals surface area contributed by atoms with Crippen LogP contribution in [-0.2, 0) is 6.54 Å². The number of ether oxygens (including phenoxy) is 1. The van der Waals surface area contributed by atoms with E-state index in [-0.39, 0.29) is 16.6 Å². The van der Waals surface area contributed by atoms with Crippen LogP contribution in [0.3, 0.4) is 0 Å². The summed E-state index contributed by atoms with van der Waals surface area (Å²) in [4.78, 5) is 0. The Kier molecular flexibility index (Phi) is 4.17. The third-order valence-corrected chi connectivity index (χ3v) is 3.46. The molecule has 0 unspecified atom stereocenters. The highest BCUT2D eigenvalue weighted by molar-refractivity contribution is 9.10. The number of methoxy groups -OCH3 is 1. The van der Waals surface area contributed by atoms with Crippen molar-refractivity contribution in [3.8, 4) is 16.9 Å². The Hall–Kier alpha value is -1.46. The fourth-order valence-electron chi connectivity index (χ4n) is 1.88. The molecule has 0 spiro atoms. The van der Waals surface area contributed by atoms with Crippen molar-refractivity contribution >= 4 is 15.9 Å². The zero-order valence-corrected chi connectivity index (χ0v) is 11.8. The lowest BCUT2D eigenvalue weighted by molar-refractivity contribution is 0.414. The van der Waals surface area contributed by atoms with Crippen LogP contribution in [0.5, 0.6) is 5.75 Å². The maximum Gasteiger partial charge on any atom is 0.148 e. The molecule has 0 bridgehead atoms. The summed E-state index contributed by atoms with van der Waals surface area (Å²) in [5, 5.41) is 0. The van der Waals surface area contributed by atoms with Crippen LogP contribution in [0.1, 0.15) is 5.56 Å². The van der Waals surface area contributed by atoms with Crippen molar-refractivity contribution in [3.63, 3.8) is 0 Å². The molecule has 100 valence electrons. The molecule has 0 saturated carbocycles. The summed E-state index contributed by atoms with van der Waals surface area (Å²) in [6.45, 7) is 0.165. The number of nitrogens with two attached hydrogens (primary N) is 1. The Morgan fingerprint density at radius 2 is 1.95 bits per heavy atom. The van der Waals surface area contributed by atoms with Crippen LogP contribution < -0.4 is 10.5 Å². The van der Waals surface area contributed by atoms with Gasteiger partial charge in [0.25, 0.3) is 0 Å². The smallest absolute Gasteiger partial charge is 0.148 e. The first-order valence-electron chi connectivity index (χ1n) is 5.59. The quantitative estimate of drug-likeness (QED) is 0.869. The van der Waals surface area contributed by atoms with E-state index in [9.17, 15) is 8.78 Å². The maximum absolute atomic E-state index is 14.1. The molecular formula is C14H12BrF2NO. The Balaban J connectivity index is 2.68. The highest BCUT2D eigenvalue weighted by atomic mass is 79.9. The molecule has 0 aliphatic heterocycles. The summed E-state index contributed by atoms with van der Waals surface area (Å²) in [7, 11) is 1.52. The summed E-state index contributed by atoms with van der Waals surface area (Å²) in [6.07, 6.45) is 0. The van der Waals surface area contributed by atoms with Gasteiger partial charge in [-0.15, -0.1) is 0 Å². The van der Waals surface area contributed by atoms with E-state index in [1.165, 1.54) is 19.2 Å². The molecule has 19 heavy (non-hydrogen) atoms. The van der Waals surface area contributed by atoms with E-state index in [1.54, 1.807) is 18.2 Å². The van der Waals surface area contributed by atoms with Crippen LogP contribution in [0.15, 0.2) is 34.8 Å². The van der Waals surface area contributed by atoms with Gasteiger partial charge in [0, 0.05) is 6.54 Å². The Labute approximate surface area is 118 Å². The van der Waals surface area contributed by atoms with E-state index in [1.807, 2.05) is 0 Å². The average molecular weight is 328 g/mol. The van der Waals surface area contributed by atoms with Crippen molar-refractivity contribution in [2.45, 2.75) is 6.54 Å². The second-order valence-corrected chi connectivity index (χ2v) is 4.80. The topological polar surface area (TPSA) is 35.2 Å². The predicted molar refractivity (Wildman–Crippen MR) is 73.9 cm³/mol. The van der Waals surface area contributed by atoms with Crippen LogP contribution in [0.25, 0.3) is 11.1 Å². The number of halogens is 3. The molecule has 0 amide bonds. The molecular weight excluding hydrogens is 316 g/mol. The monoisotopic (exact) mass is 327 g/mol. The van der Waals surface area contributed by atoms with Gasteiger partial charge in [-0.1, -0.05) is 6.07 Å². The SMILES string of the molecule is COc1ccc(-c2c(F)ccc(Br)c2F)c(CN)c1. The summed E-state index contributed by atoms with van der Waals surface area (Å²) in [6, 6.07) is 7.48. The number of hydrogen-bond acceptors (Lipinski definition) is 2. The number of rotatable bonds is 3. The van der Waals surface area contributed by atoms with Crippen molar-refractivity contribution in [2.75, 3.05) is 7.11 Å². The molecule has 2 N–H and O–H groups in total. The molecule has 2 rings (SSSR count). The fraction of sp³-hybridized carbons (Fsp3) is 0.143. The second kappa shape index (κ2) is 5.67. The first kappa shape index (κ1) is 14.0. The Morgan fingerprint density at radius 3 is 2.58 bits per heavy atom. The Bertz CT molecular complexity index is 617. The van der Waals surface area contributed by atoms with Gasteiger partial charge in [0.1, 0.15) is 17.4 Å². The number of benzene rings is 2. The summed E-state index contributed by atoms with van der Waals surface area (Å²) >= 11 is 3.05. The van der Waals surface area contributed by atoms with Gasteiger partial charge in [0.2, 0.25) is 0 Å². The molecule has 0 saturated heterocycles. The molecule has 2 aromatic rings. The van der Waals surface area contributed by atoms with E-state index >= 15 is 0 Å². The largest absolute Gasteiger partial charge is 0.497 e. The van der Waals surface area contributed by atoms with Gasteiger partial charge < -0.3 is 10.5 Å². The second-order valence-electron chi connectivity index (χ2n) is 3.95. The normalized spacial score (nSPS) is 10.6. The van der Waals surface area contributed by atoms with Crippen LogP contribution in [0.4, 0.5) is 8.78 Å². The van der Waals surface area contributed by atoms with Crippen LogP contribution in [-0.4, -0.2) is 7.11 Å². The zero-order valence-electron chi connectivity index (χ0n) is 10.2. The summed E-state index contributed by atoms with van der Waals surface area (Å²) in [5.41, 5.74) is 6.60. The van der Waals surface area contributed by atoms with Gasteiger partial charge in [0.05, 0.1) is 17.1 Å². The third kappa shape index (κ3) is 2.62. The first-order chi connectivity index (χ1) is 9.08. The van der Waals surface area contributed by atoms with Crippen molar-refractivity contribution in [3.05, 3.63) is 52.0 Å². The minimum atomic E-state index is -0.639. The molecule has 0 aliphatic carbocycles. The van der Waals surface area contributed by atoms with Crippen LogP contribution in [0.2, 0.25) is 0 Å². The van der Waals surface area contributed by atoms with Crippen molar-refractivity contribution in [2.24, 2.45) is 5.73 Å². The minimum absolute atomic E-state index is 0.0857. The summed E-state index contributed by atoms with van der Waals surface area (Å²) < 4.78 is 33.3. The lowest BCUT2D eigenvalue weighted by Gasteiger charge is -2.12. The standard InChI is InChI=1S/C14H12BrF2NO/c1-19-9-2-3-10(8(6-9)7-18)13-12(16)5-4-11(15)14(13)17/h2-6H,7,18H2,1H3. The van der Waals surface area contributed by atoms with Gasteiger partial charge in [-0.25, -0.2) is 8.78 Å². The van der Waals surface area contributed by atoms with Crippen LogP contribution >= 0.6 is 15.9 Å². The number of hydrogen-bond donors (Lipinski definition) is 1. The van der Waals surface area contributed by atoms with Crippen LogP contribution in [0, 0.1) is 11.6 Å². The fourth-order valence-corrected chi connectivity index (χ4v) is 2.21. The summed E-state index contributed by atoms with van der Waals surface area (Å²) in [5.74, 6) is -0.666. The van der Waals surface area contributed by atoms with Crippen molar-refractivity contribution in [1.29, 1.82) is 0 Å². The Morgan fingerprint density at radius 1 is 1.21 bits per heavy atom. The van der Waals surface area contributed by atoms with E-state index in [2.05, 4.69) is 15.9 Å². The highest BCUT2D eigenvalue weighted by Crippen LogP contribution is 2.34. The lowest BCUT2D eigenvalue weighted by Crippen LogP contribution is -2.02. The van der Waals surface area contributed by atoms with E-state index < -0.39 is 11.6 Å². The maximum atomic E-state index is 14.1. The van der Waals surface area contributed by atoms with Gasteiger partial charge >= 0.3 is 0 Å². The van der Waals surface area contributed by atoms with E-state index in [0.29, 0.717) is 16.9 Å². The van der Waals surface area contributed by atoms with Gasteiger partial charge in [-0.3, -0.25) is 0 Å². The van der Waals surface area contributed by atoms with E-state index in [4.69, 9.17) is 10.5 Å². The first-order valence-corrected chi connectivity index (χ1v) is 6.38. The highest BCUT2D eigenvalue weighted by Gasteiger charge is 2.17. The average Bonchev–Trinajstić information content (AvgIpc) is 2.43. The van der Waals surface area contributed by atoms with Gasteiger partial charge in [-0.2, -0.15) is 0 Å². The third-order valence-electron chi connectivity index (χ3n) is 2.85. The molecule has 0 aromatic heterocycles. The predicted octanol–water partition coefficient (Wildman–Crippen LogP) is 3.86. The molecule has 2 aromatic carbocycles. The molecule has 0 aliphatic rings. The van der Waals surface area contributed by atoms with E-state index in [0.717, 1.165) is 0 Å². The van der Waals surface area contributed by atoms with Gasteiger partial charge in [-0.05, 0) is 51.3 Å². The molecule has 0 heterocycles. The molecule has 2 nitrogen and oxygen atoms in total. The van der Waals surface area contributed by atoms with Crippen molar-refractivity contribution < 1.29 is 13.5 Å². The molecule has 0 atom stereocenters. The molecule has 5 heteroatoms. The lowest BCUT2D eigenvalue weighted by atomic mass is 9.98. The minimum Gasteiger partial charge on any atom is -0.497 e.